The van der Waals surface area contributed by atoms with Gasteiger partial charge in [-0.3, -0.25) is 0 Å². The van der Waals surface area contributed by atoms with Crippen molar-refractivity contribution in [2.45, 2.75) is 32.3 Å². The zero-order chi connectivity index (χ0) is 7.40. The summed E-state index contributed by atoms with van der Waals surface area (Å²) in [4.78, 5) is 0. The third-order valence-electron chi connectivity index (χ3n) is 2.09. The van der Waals surface area contributed by atoms with Gasteiger partial charge in [0.05, 0.1) is 12.7 Å². The monoisotopic (exact) mass is 144 g/mol. The van der Waals surface area contributed by atoms with Crippen LogP contribution in [0.3, 0.4) is 0 Å². The second-order valence-electron chi connectivity index (χ2n) is 2.98. The van der Waals surface area contributed by atoms with E-state index in [-0.39, 0.29) is 6.10 Å². The van der Waals surface area contributed by atoms with Gasteiger partial charge < -0.3 is 9.84 Å². The highest BCUT2D eigenvalue weighted by Gasteiger charge is 2.22. The molecule has 0 aromatic rings. The highest BCUT2D eigenvalue weighted by molar-refractivity contribution is 4.71. The molecule has 1 aliphatic heterocycles. The fourth-order valence-corrected chi connectivity index (χ4v) is 1.43. The molecule has 0 radical (unpaired) electrons. The van der Waals surface area contributed by atoms with E-state index >= 15 is 0 Å². The number of aliphatic hydroxyl groups excluding tert-OH is 1. The summed E-state index contributed by atoms with van der Waals surface area (Å²) in [6.45, 7) is 3.64. The van der Waals surface area contributed by atoms with Crippen LogP contribution in [0.25, 0.3) is 0 Å². The normalized spacial score (nSPS) is 34.2. The maximum absolute atomic E-state index is 9.42. The van der Waals surface area contributed by atoms with Crippen LogP contribution in [0, 0.1) is 5.92 Å². The standard InChI is InChI=1S/C8H16O2/c1-2-3-7-6-10-5-4-8(7)9/h7-9H,2-6H2,1H3. The van der Waals surface area contributed by atoms with Gasteiger partial charge in [-0.15, -0.1) is 0 Å². The van der Waals surface area contributed by atoms with Crippen LogP contribution < -0.4 is 0 Å². The Morgan fingerprint density at radius 1 is 1.60 bits per heavy atom. The van der Waals surface area contributed by atoms with Crippen LogP contribution in [0.4, 0.5) is 0 Å². The van der Waals surface area contributed by atoms with Crippen molar-refractivity contribution in [1.29, 1.82) is 0 Å². The SMILES string of the molecule is CCCC1COCCC1O. The Balaban J connectivity index is 2.25. The van der Waals surface area contributed by atoms with E-state index < -0.39 is 0 Å². The van der Waals surface area contributed by atoms with Crippen molar-refractivity contribution in [3.05, 3.63) is 0 Å². The second kappa shape index (κ2) is 3.94. The Bertz CT molecular complexity index is 91.3. The molecule has 1 fully saturated rings. The lowest BCUT2D eigenvalue weighted by atomic mass is 9.94. The fourth-order valence-electron chi connectivity index (χ4n) is 1.43. The summed E-state index contributed by atoms with van der Waals surface area (Å²) >= 11 is 0. The summed E-state index contributed by atoms with van der Waals surface area (Å²) in [5, 5.41) is 9.42. The maximum Gasteiger partial charge on any atom is 0.0612 e. The van der Waals surface area contributed by atoms with Gasteiger partial charge in [-0.2, -0.15) is 0 Å². The Morgan fingerprint density at radius 2 is 2.40 bits per heavy atom. The van der Waals surface area contributed by atoms with E-state index in [9.17, 15) is 5.11 Å². The van der Waals surface area contributed by atoms with Crippen LogP contribution in [-0.4, -0.2) is 24.4 Å². The van der Waals surface area contributed by atoms with Gasteiger partial charge in [-0.25, -0.2) is 0 Å². The highest BCUT2D eigenvalue weighted by atomic mass is 16.5. The lowest BCUT2D eigenvalue weighted by Gasteiger charge is -2.27. The molecule has 2 heteroatoms. The van der Waals surface area contributed by atoms with Gasteiger partial charge in [0.25, 0.3) is 0 Å². The smallest absolute Gasteiger partial charge is 0.0612 e. The van der Waals surface area contributed by atoms with Crippen molar-refractivity contribution in [2.24, 2.45) is 5.92 Å². The van der Waals surface area contributed by atoms with E-state index in [1.807, 2.05) is 0 Å². The molecular formula is C8H16O2. The minimum absolute atomic E-state index is 0.103. The first kappa shape index (κ1) is 8.02. The minimum atomic E-state index is -0.103. The zero-order valence-electron chi connectivity index (χ0n) is 6.55. The van der Waals surface area contributed by atoms with Gasteiger partial charge >= 0.3 is 0 Å². The molecule has 1 aliphatic rings. The Kier molecular flexibility index (Phi) is 3.16. The summed E-state index contributed by atoms with van der Waals surface area (Å²) in [6, 6.07) is 0. The van der Waals surface area contributed by atoms with E-state index in [4.69, 9.17) is 4.74 Å². The molecule has 2 nitrogen and oxygen atoms in total. The summed E-state index contributed by atoms with van der Waals surface area (Å²) in [7, 11) is 0. The lowest BCUT2D eigenvalue weighted by molar-refractivity contribution is -0.0383. The Labute approximate surface area is 62.2 Å². The lowest BCUT2D eigenvalue weighted by Crippen LogP contribution is -2.31. The van der Waals surface area contributed by atoms with Crippen molar-refractivity contribution in [3.63, 3.8) is 0 Å². The van der Waals surface area contributed by atoms with Crippen LogP contribution in [0.2, 0.25) is 0 Å². The average molecular weight is 144 g/mol. The number of rotatable bonds is 2. The van der Waals surface area contributed by atoms with E-state index in [1.54, 1.807) is 0 Å². The molecule has 2 unspecified atom stereocenters. The number of hydrogen-bond donors (Lipinski definition) is 1. The maximum atomic E-state index is 9.42. The van der Waals surface area contributed by atoms with Gasteiger partial charge in [-0.1, -0.05) is 13.3 Å². The van der Waals surface area contributed by atoms with Crippen LogP contribution in [0.5, 0.6) is 0 Å². The molecule has 0 aromatic heterocycles. The van der Waals surface area contributed by atoms with Gasteiger partial charge in [0, 0.05) is 12.5 Å². The molecular weight excluding hydrogens is 128 g/mol. The van der Waals surface area contributed by atoms with Crippen LogP contribution in [0.1, 0.15) is 26.2 Å². The molecule has 0 aliphatic carbocycles. The molecule has 0 spiro atoms. The molecule has 10 heavy (non-hydrogen) atoms. The summed E-state index contributed by atoms with van der Waals surface area (Å²) < 4.78 is 5.25. The Morgan fingerprint density at radius 3 is 3.00 bits per heavy atom. The van der Waals surface area contributed by atoms with Gasteiger partial charge in [0.1, 0.15) is 0 Å². The molecule has 1 rings (SSSR count). The first-order valence-electron chi connectivity index (χ1n) is 4.10. The number of ether oxygens (including phenoxy) is 1. The first-order valence-corrected chi connectivity index (χ1v) is 4.10. The molecule has 60 valence electrons. The summed E-state index contributed by atoms with van der Waals surface area (Å²) in [6.07, 6.45) is 2.96. The molecule has 0 amide bonds. The molecule has 1 heterocycles. The van der Waals surface area contributed by atoms with Crippen molar-refractivity contribution in [1.82, 2.24) is 0 Å². The molecule has 1 saturated heterocycles. The average Bonchev–Trinajstić information content (AvgIpc) is 1.94. The third-order valence-corrected chi connectivity index (χ3v) is 2.09. The molecule has 0 aromatic carbocycles. The van der Waals surface area contributed by atoms with Crippen LogP contribution in [0.15, 0.2) is 0 Å². The van der Waals surface area contributed by atoms with Gasteiger partial charge in [0.2, 0.25) is 0 Å². The first-order chi connectivity index (χ1) is 4.84. The third kappa shape index (κ3) is 1.96. The predicted molar refractivity (Wildman–Crippen MR) is 39.8 cm³/mol. The molecule has 2 atom stereocenters. The van der Waals surface area contributed by atoms with Crippen LogP contribution in [-0.2, 0) is 4.74 Å². The van der Waals surface area contributed by atoms with Gasteiger partial charge in [-0.05, 0) is 12.8 Å². The summed E-state index contributed by atoms with van der Waals surface area (Å²) in [5.74, 6) is 0.402. The summed E-state index contributed by atoms with van der Waals surface area (Å²) in [5.41, 5.74) is 0. The molecule has 1 N–H and O–H groups in total. The van der Waals surface area contributed by atoms with E-state index in [2.05, 4.69) is 6.92 Å². The van der Waals surface area contributed by atoms with E-state index in [0.29, 0.717) is 5.92 Å². The van der Waals surface area contributed by atoms with Crippen molar-refractivity contribution in [2.75, 3.05) is 13.2 Å². The minimum Gasteiger partial charge on any atom is -0.393 e. The largest absolute Gasteiger partial charge is 0.393 e. The van der Waals surface area contributed by atoms with E-state index in [1.165, 1.54) is 0 Å². The van der Waals surface area contributed by atoms with Crippen molar-refractivity contribution < 1.29 is 9.84 Å². The van der Waals surface area contributed by atoms with Crippen molar-refractivity contribution >= 4 is 0 Å². The van der Waals surface area contributed by atoms with E-state index in [0.717, 1.165) is 32.5 Å². The topological polar surface area (TPSA) is 29.5 Å². The number of hydrogen-bond acceptors (Lipinski definition) is 2. The zero-order valence-corrected chi connectivity index (χ0v) is 6.55. The van der Waals surface area contributed by atoms with Crippen molar-refractivity contribution in [3.8, 4) is 0 Å². The van der Waals surface area contributed by atoms with Crippen LogP contribution >= 0.6 is 0 Å². The Hall–Kier alpha value is -0.0800. The second-order valence-corrected chi connectivity index (χ2v) is 2.98. The predicted octanol–water partition coefficient (Wildman–Crippen LogP) is 1.18. The van der Waals surface area contributed by atoms with Gasteiger partial charge in [0.15, 0.2) is 0 Å². The number of aliphatic hydroxyl groups is 1. The highest BCUT2D eigenvalue weighted by Crippen LogP contribution is 2.18. The quantitative estimate of drug-likeness (QED) is 0.630. The molecule has 0 bridgehead atoms. The molecule has 0 saturated carbocycles. The fraction of sp³-hybridized carbons (Fsp3) is 1.00.